The highest BCUT2D eigenvalue weighted by molar-refractivity contribution is 7.17. The van der Waals surface area contributed by atoms with Crippen LogP contribution in [0.1, 0.15) is 65.3 Å². The molecule has 2 N–H and O–H groups in total. The highest BCUT2D eigenvalue weighted by atomic mass is 32.1. The molecule has 0 radical (unpaired) electrons. The van der Waals surface area contributed by atoms with Gasteiger partial charge in [0.25, 0.3) is 17.5 Å². The van der Waals surface area contributed by atoms with Crippen molar-refractivity contribution in [2.75, 3.05) is 17.2 Å². The standard InChI is InChI=1S/C28H31N3O5S/c1-5-36-22-9-7-6-8-21(22)29-26(33)24-20-15-12-18(28(2,3)4)16-23(20)37-27(24)30-25(32)17-10-13-19(14-11-17)31(34)35/h6-11,13-14,18H,5,12,15-16H2,1-4H3,(H,29,33)(H,30,32). The second-order valence-electron chi connectivity index (χ2n) is 10.2. The van der Waals surface area contributed by atoms with Crippen LogP contribution in [-0.4, -0.2) is 23.3 Å². The molecule has 1 aromatic heterocycles. The molecule has 1 aliphatic carbocycles. The molecule has 2 aromatic carbocycles. The van der Waals surface area contributed by atoms with Crippen LogP contribution in [0, 0.1) is 21.4 Å². The number of anilines is 2. The molecule has 0 fully saturated rings. The SMILES string of the molecule is CCOc1ccccc1NC(=O)c1c(NC(=O)c2ccc([N+](=O)[O-])cc2)sc2c1CCC(C(C)(C)C)C2. The Morgan fingerprint density at radius 3 is 2.43 bits per heavy atom. The highest BCUT2D eigenvalue weighted by Crippen LogP contribution is 2.44. The largest absolute Gasteiger partial charge is 0.492 e. The van der Waals surface area contributed by atoms with Crippen molar-refractivity contribution < 1.29 is 19.2 Å². The highest BCUT2D eigenvalue weighted by Gasteiger charge is 2.34. The third-order valence-electron chi connectivity index (χ3n) is 6.72. The van der Waals surface area contributed by atoms with E-state index in [4.69, 9.17) is 4.74 Å². The molecule has 0 saturated carbocycles. The number of non-ortho nitro benzene ring substituents is 1. The van der Waals surface area contributed by atoms with Crippen LogP contribution < -0.4 is 15.4 Å². The molecule has 8 nitrogen and oxygen atoms in total. The molecule has 0 saturated heterocycles. The van der Waals surface area contributed by atoms with Gasteiger partial charge in [-0.05, 0) is 67.3 Å². The van der Waals surface area contributed by atoms with E-state index in [1.54, 1.807) is 12.1 Å². The first-order valence-corrected chi connectivity index (χ1v) is 13.1. The second-order valence-corrected chi connectivity index (χ2v) is 11.3. The topological polar surface area (TPSA) is 111 Å². The molecule has 0 bridgehead atoms. The molecule has 1 aliphatic rings. The lowest BCUT2D eigenvalue weighted by Gasteiger charge is -2.33. The van der Waals surface area contributed by atoms with Gasteiger partial charge in [-0.2, -0.15) is 0 Å². The first-order valence-electron chi connectivity index (χ1n) is 12.3. The van der Waals surface area contributed by atoms with Crippen LogP contribution in [0.4, 0.5) is 16.4 Å². The van der Waals surface area contributed by atoms with Crippen LogP contribution in [0.25, 0.3) is 0 Å². The Morgan fingerprint density at radius 2 is 1.78 bits per heavy atom. The Labute approximate surface area is 220 Å². The van der Waals surface area contributed by atoms with Gasteiger partial charge in [0, 0.05) is 22.6 Å². The smallest absolute Gasteiger partial charge is 0.269 e. The van der Waals surface area contributed by atoms with Crippen molar-refractivity contribution in [3.63, 3.8) is 0 Å². The summed E-state index contributed by atoms with van der Waals surface area (Å²) in [4.78, 5) is 38.3. The Balaban J connectivity index is 1.68. The van der Waals surface area contributed by atoms with E-state index in [0.29, 0.717) is 34.5 Å². The predicted molar refractivity (Wildman–Crippen MR) is 146 cm³/mol. The van der Waals surface area contributed by atoms with Gasteiger partial charge in [0.1, 0.15) is 10.8 Å². The Bertz CT molecular complexity index is 1320. The average Bonchev–Trinajstić information content (AvgIpc) is 3.22. The number of nitrogens with one attached hydrogen (secondary N) is 2. The molecule has 37 heavy (non-hydrogen) atoms. The Hall–Kier alpha value is -3.72. The third-order valence-corrected chi connectivity index (χ3v) is 7.89. The van der Waals surface area contributed by atoms with Gasteiger partial charge < -0.3 is 15.4 Å². The number of para-hydroxylation sites is 2. The van der Waals surface area contributed by atoms with Gasteiger partial charge in [-0.25, -0.2) is 0 Å². The summed E-state index contributed by atoms with van der Waals surface area (Å²) in [6.45, 7) is 9.03. The monoisotopic (exact) mass is 521 g/mol. The normalized spacial score (nSPS) is 15.0. The summed E-state index contributed by atoms with van der Waals surface area (Å²) in [5.74, 6) is 0.306. The van der Waals surface area contributed by atoms with E-state index in [1.807, 2.05) is 19.1 Å². The summed E-state index contributed by atoms with van der Waals surface area (Å²) >= 11 is 1.43. The van der Waals surface area contributed by atoms with Crippen LogP contribution >= 0.6 is 11.3 Å². The number of ether oxygens (including phenoxy) is 1. The minimum Gasteiger partial charge on any atom is -0.492 e. The Morgan fingerprint density at radius 1 is 1.08 bits per heavy atom. The van der Waals surface area contributed by atoms with Crippen LogP contribution in [0.5, 0.6) is 5.75 Å². The van der Waals surface area contributed by atoms with Crippen molar-refractivity contribution in [1.29, 1.82) is 0 Å². The van der Waals surface area contributed by atoms with Gasteiger partial charge in [0.2, 0.25) is 0 Å². The molecule has 1 heterocycles. The number of nitrogens with zero attached hydrogens (tertiary/aromatic N) is 1. The number of thiophene rings is 1. The minimum absolute atomic E-state index is 0.0932. The maximum Gasteiger partial charge on any atom is 0.269 e. The van der Waals surface area contributed by atoms with Gasteiger partial charge in [0.15, 0.2) is 0 Å². The zero-order chi connectivity index (χ0) is 26.7. The van der Waals surface area contributed by atoms with Gasteiger partial charge in [-0.1, -0.05) is 32.9 Å². The minimum atomic E-state index is -0.511. The van der Waals surface area contributed by atoms with Crippen molar-refractivity contribution in [2.45, 2.75) is 47.0 Å². The van der Waals surface area contributed by atoms with Crippen molar-refractivity contribution in [2.24, 2.45) is 11.3 Å². The molecule has 3 aromatic rings. The molecule has 0 aliphatic heterocycles. The lowest BCUT2D eigenvalue weighted by molar-refractivity contribution is -0.384. The number of rotatable bonds is 7. The molecule has 4 rings (SSSR count). The van der Waals surface area contributed by atoms with Gasteiger partial charge >= 0.3 is 0 Å². The van der Waals surface area contributed by atoms with E-state index in [-0.39, 0.29) is 22.6 Å². The number of hydrogen-bond acceptors (Lipinski definition) is 6. The molecule has 1 atom stereocenters. The molecule has 1 unspecified atom stereocenters. The summed E-state index contributed by atoms with van der Waals surface area (Å²) < 4.78 is 5.67. The number of carbonyl (C=O) groups is 2. The fourth-order valence-corrected chi connectivity index (χ4v) is 5.92. The summed E-state index contributed by atoms with van der Waals surface area (Å²) in [5.41, 5.74) is 2.31. The fourth-order valence-electron chi connectivity index (χ4n) is 4.60. The summed E-state index contributed by atoms with van der Waals surface area (Å²) in [6, 6.07) is 12.7. The molecule has 9 heteroatoms. The molecule has 2 amide bonds. The molecule has 0 spiro atoms. The summed E-state index contributed by atoms with van der Waals surface area (Å²) in [5, 5.41) is 17.3. The van der Waals surface area contributed by atoms with Gasteiger partial charge in [-0.15, -0.1) is 11.3 Å². The molecule has 194 valence electrons. The van der Waals surface area contributed by atoms with Gasteiger partial charge in [0.05, 0.1) is 22.8 Å². The summed E-state index contributed by atoms with van der Waals surface area (Å²) in [7, 11) is 0. The van der Waals surface area contributed by atoms with Crippen molar-refractivity contribution in [3.05, 3.63) is 80.2 Å². The maximum atomic E-state index is 13.7. The fraction of sp³-hybridized carbons (Fsp3) is 0.357. The predicted octanol–water partition coefficient (Wildman–Crippen LogP) is 6.71. The lowest BCUT2D eigenvalue weighted by atomic mass is 9.72. The van der Waals surface area contributed by atoms with Crippen molar-refractivity contribution in [3.8, 4) is 5.75 Å². The number of nitro benzene ring substituents is 1. The van der Waals surface area contributed by atoms with E-state index in [9.17, 15) is 19.7 Å². The van der Waals surface area contributed by atoms with E-state index in [2.05, 4.69) is 31.4 Å². The van der Waals surface area contributed by atoms with Crippen LogP contribution in [0.3, 0.4) is 0 Å². The van der Waals surface area contributed by atoms with Crippen molar-refractivity contribution >= 4 is 39.5 Å². The Kier molecular flexibility index (Phi) is 7.63. The zero-order valence-electron chi connectivity index (χ0n) is 21.4. The van der Waals surface area contributed by atoms with E-state index >= 15 is 0 Å². The first-order chi connectivity index (χ1) is 17.6. The number of nitro groups is 1. The number of carbonyl (C=O) groups excluding carboxylic acids is 2. The summed E-state index contributed by atoms with van der Waals surface area (Å²) in [6.07, 6.45) is 2.54. The molecular formula is C28H31N3O5S. The number of fused-ring (bicyclic) bond motifs is 1. The third kappa shape index (κ3) is 5.83. The number of hydrogen-bond donors (Lipinski definition) is 2. The van der Waals surface area contributed by atoms with E-state index in [0.717, 1.165) is 29.7 Å². The first kappa shape index (κ1) is 26.3. The van der Waals surface area contributed by atoms with Crippen LogP contribution in [0.15, 0.2) is 48.5 Å². The quantitative estimate of drug-likeness (QED) is 0.265. The number of amides is 2. The van der Waals surface area contributed by atoms with Crippen molar-refractivity contribution in [1.82, 2.24) is 0 Å². The van der Waals surface area contributed by atoms with Crippen LogP contribution in [-0.2, 0) is 12.8 Å². The average molecular weight is 522 g/mol. The lowest BCUT2D eigenvalue weighted by Crippen LogP contribution is -2.27. The second kappa shape index (κ2) is 10.7. The van der Waals surface area contributed by atoms with Gasteiger partial charge in [-0.3, -0.25) is 19.7 Å². The van der Waals surface area contributed by atoms with E-state index in [1.165, 1.54) is 35.6 Å². The maximum absolute atomic E-state index is 13.7. The van der Waals surface area contributed by atoms with Crippen LogP contribution in [0.2, 0.25) is 0 Å². The van der Waals surface area contributed by atoms with E-state index < -0.39 is 10.8 Å². The molecular weight excluding hydrogens is 490 g/mol. The zero-order valence-corrected chi connectivity index (χ0v) is 22.2. The number of benzene rings is 2.